The lowest BCUT2D eigenvalue weighted by atomic mass is 9.92. The van der Waals surface area contributed by atoms with Crippen molar-refractivity contribution in [3.8, 4) is 22.3 Å². The van der Waals surface area contributed by atoms with Crippen LogP contribution in [0.1, 0.15) is 26.3 Å². The van der Waals surface area contributed by atoms with E-state index in [1.165, 1.54) is 6.26 Å². The van der Waals surface area contributed by atoms with Gasteiger partial charge < -0.3 is 0 Å². The second kappa shape index (κ2) is 8.64. The van der Waals surface area contributed by atoms with E-state index in [0.29, 0.717) is 11.1 Å². The fourth-order valence-corrected chi connectivity index (χ4v) is 6.29. The van der Waals surface area contributed by atoms with Crippen molar-refractivity contribution >= 4 is 30.6 Å². The van der Waals surface area contributed by atoms with Gasteiger partial charge in [0.2, 0.25) is 0 Å². The topological polar surface area (TPSA) is 81.2 Å². The van der Waals surface area contributed by atoms with Crippen molar-refractivity contribution in [2.24, 2.45) is 0 Å². The smallest absolute Gasteiger partial charge is 0.176 e. The molecule has 0 radical (unpaired) electrons. The van der Waals surface area contributed by atoms with Gasteiger partial charge in [-0.3, -0.25) is 4.98 Å². The first-order valence-corrected chi connectivity index (χ1v) is 14.5. The van der Waals surface area contributed by atoms with Crippen LogP contribution in [0.25, 0.3) is 33.2 Å². The number of pyridine rings is 1. The molecule has 0 unspecified atom stereocenters. The monoisotopic (exact) mass is 493 g/mol. The molecular weight excluding hydrogens is 466 g/mol. The van der Waals surface area contributed by atoms with E-state index in [1.807, 2.05) is 54.6 Å². The molecule has 0 aliphatic carbocycles. The third-order valence-electron chi connectivity index (χ3n) is 6.33. The molecule has 0 fully saturated rings. The lowest BCUT2D eigenvalue weighted by Crippen LogP contribution is -2.30. The predicted molar refractivity (Wildman–Crippen MR) is 138 cm³/mol. The molecule has 1 aromatic heterocycles. The number of rotatable bonds is 6. The minimum atomic E-state index is -3.42. The average Bonchev–Trinajstić information content (AvgIpc) is 2.82. The van der Waals surface area contributed by atoms with Crippen molar-refractivity contribution in [2.75, 3.05) is 12.0 Å². The Bertz CT molecular complexity index is 1610. The zero-order valence-electron chi connectivity index (χ0n) is 19.6. The van der Waals surface area contributed by atoms with E-state index in [-0.39, 0.29) is 10.6 Å². The van der Waals surface area contributed by atoms with Gasteiger partial charge in [0.1, 0.15) is 0 Å². The molecular formula is C27H27NO4S2. The lowest BCUT2D eigenvalue weighted by molar-refractivity contribution is 0.556. The van der Waals surface area contributed by atoms with E-state index in [1.54, 1.807) is 45.2 Å². The highest BCUT2D eigenvalue weighted by Gasteiger charge is 2.35. The summed E-state index contributed by atoms with van der Waals surface area (Å²) in [7, 11) is -6.80. The highest BCUT2D eigenvalue weighted by atomic mass is 32.2. The van der Waals surface area contributed by atoms with Gasteiger partial charge in [-0.2, -0.15) is 0 Å². The third kappa shape index (κ3) is 4.26. The summed E-state index contributed by atoms with van der Waals surface area (Å²) >= 11 is 0. The molecule has 7 heteroatoms. The molecule has 0 bridgehead atoms. The predicted octanol–water partition coefficient (Wildman–Crippen LogP) is 5.64. The van der Waals surface area contributed by atoms with E-state index < -0.39 is 24.4 Å². The van der Waals surface area contributed by atoms with E-state index in [2.05, 4.69) is 4.98 Å². The van der Waals surface area contributed by atoms with Crippen LogP contribution in [-0.2, 0) is 24.4 Å². The first kappa shape index (κ1) is 24.1. The van der Waals surface area contributed by atoms with E-state index in [9.17, 15) is 16.8 Å². The van der Waals surface area contributed by atoms with E-state index in [0.717, 1.165) is 27.6 Å². The number of hydrogen-bond donors (Lipinski definition) is 0. The van der Waals surface area contributed by atoms with Gasteiger partial charge in [0, 0.05) is 34.7 Å². The van der Waals surface area contributed by atoms with Crippen LogP contribution in [0.5, 0.6) is 0 Å². The molecule has 176 valence electrons. The average molecular weight is 494 g/mol. The molecule has 4 rings (SSSR count). The molecule has 34 heavy (non-hydrogen) atoms. The molecule has 0 aliphatic rings. The summed E-state index contributed by atoms with van der Waals surface area (Å²) in [6.45, 7) is 5.11. The first-order valence-electron chi connectivity index (χ1n) is 11.0. The SMILES string of the molecule is CCS(=O)(=O)C(C)(C)c1cc(-c2cccc(-c3ccccc3S(C)(=O)=O)c2)c2ncccc2c1. The lowest BCUT2D eigenvalue weighted by Gasteiger charge is -2.26. The van der Waals surface area contributed by atoms with Gasteiger partial charge in [-0.1, -0.05) is 49.4 Å². The largest absolute Gasteiger partial charge is 0.256 e. The van der Waals surface area contributed by atoms with Crippen LogP contribution < -0.4 is 0 Å². The maximum atomic E-state index is 12.9. The van der Waals surface area contributed by atoms with E-state index in [4.69, 9.17) is 0 Å². The Morgan fingerprint density at radius 1 is 0.794 bits per heavy atom. The highest BCUT2D eigenvalue weighted by Crippen LogP contribution is 2.38. The normalized spacial score (nSPS) is 12.7. The fraction of sp³-hybridized carbons (Fsp3) is 0.222. The third-order valence-corrected chi connectivity index (χ3v) is 10.0. The summed E-state index contributed by atoms with van der Waals surface area (Å²) in [4.78, 5) is 4.84. The summed E-state index contributed by atoms with van der Waals surface area (Å²) < 4.78 is 49.5. The zero-order chi connectivity index (χ0) is 24.7. The van der Waals surface area contributed by atoms with Crippen LogP contribution in [0.15, 0.2) is 83.9 Å². The molecule has 3 aromatic carbocycles. The molecule has 0 spiro atoms. The number of aromatic nitrogens is 1. The molecule has 0 atom stereocenters. The quantitative estimate of drug-likeness (QED) is 0.347. The van der Waals surface area contributed by atoms with Crippen LogP contribution in [-0.4, -0.2) is 33.8 Å². The number of hydrogen-bond acceptors (Lipinski definition) is 5. The highest BCUT2D eigenvalue weighted by molar-refractivity contribution is 7.92. The Hall–Kier alpha value is -3.03. The van der Waals surface area contributed by atoms with Crippen molar-refractivity contribution < 1.29 is 16.8 Å². The molecule has 1 heterocycles. The van der Waals surface area contributed by atoms with Gasteiger partial charge in [0.05, 0.1) is 15.2 Å². The van der Waals surface area contributed by atoms with Crippen LogP contribution in [0.3, 0.4) is 0 Å². The van der Waals surface area contributed by atoms with Crippen LogP contribution >= 0.6 is 0 Å². The van der Waals surface area contributed by atoms with Gasteiger partial charge in [-0.15, -0.1) is 0 Å². The van der Waals surface area contributed by atoms with Gasteiger partial charge in [-0.25, -0.2) is 16.8 Å². The van der Waals surface area contributed by atoms with Crippen molar-refractivity contribution in [3.63, 3.8) is 0 Å². The maximum Gasteiger partial charge on any atom is 0.176 e. The van der Waals surface area contributed by atoms with Crippen molar-refractivity contribution in [3.05, 3.63) is 84.6 Å². The Kier molecular flexibility index (Phi) is 6.12. The Labute approximate surface area is 201 Å². The Morgan fingerprint density at radius 2 is 1.47 bits per heavy atom. The molecule has 4 aromatic rings. The van der Waals surface area contributed by atoms with Gasteiger partial charge in [0.25, 0.3) is 0 Å². The number of fused-ring (bicyclic) bond motifs is 1. The second-order valence-corrected chi connectivity index (χ2v) is 13.7. The first-order chi connectivity index (χ1) is 16.0. The molecule has 0 saturated heterocycles. The summed E-state index contributed by atoms with van der Waals surface area (Å²) in [6.07, 6.45) is 2.91. The van der Waals surface area contributed by atoms with Crippen LogP contribution in [0.2, 0.25) is 0 Å². The molecule has 5 nitrogen and oxygen atoms in total. The standard InChI is InChI=1S/C27H27NO4S2/c1-5-34(31,32)27(2,3)22-17-21-12-9-15-28-26(21)24(18-22)20-11-8-10-19(16-20)23-13-6-7-14-25(23)33(4,29)30/h6-18H,5H2,1-4H3. The van der Waals surface area contributed by atoms with Crippen molar-refractivity contribution in [2.45, 2.75) is 30.4 Å². The Morgan fingerprint density at radius 3 is 2.15 bits per heavy atom. The minimum Gasteiger partial charge on any atom is -0.256 e. The molecule has 0 N–H and O–H groups in total. The van der Waals surface area contributed by atoms with Crippen molar-refractivity contribution in [1.82, 2.24) is 4.98 Å². The summed E-state index contributed by atoms with van der Waals surface area (Å²) in [5, 5.41) is 0.844. The summed E-state index contributed by atoms with van der Waals surface area (Å²) in [5.41, 5.74) is 4.45. The summed E-state index contributed by atoms with van der Waals surface area (Å²) in [6, 6.07) is 22.1. The van der Waals surface area contributed by atoms with Gasteiger partial charge in [0.15, 0.2) is 19.7 Å². The molecule has 0 aliphatic heterocycles. The maximum absolute atomic E-state index is 12.9. The molecule has 0 amide bonds. The van der Waals surface area contributed by atoms with E-state index >= 15 is 0 Å². The number of nitrogens with zero attached hydrogens (tertiary/aromatic N) is 1. The van der Waals surface area contributed by atoms with Crippen molar-refractivity contribution in [1.29, 1.82) is 0 Å². The number of sulfone groups is 2. The van der Waals surface area contributed by atoms with Crippen LogP contribution in [0.4, 0.5) is 0 Å². The zero-order valence-corrected chi connectivity index (χ0v) is 21.2. The number of benzene rings is 3. The fourth-order valence-electron chi connectivity index (χ4n) is 4.18. The Balaban J connectivity index is 1.98. The van der Waals surface area contributed by atoms with Gasteiger partial charge in [-0.05, 0) is 60.9 Å². The van der Waals surface area contributed by atoms with Gasteiger partial charge >= 0.3 is 0 Å². The second-order valence-electron chi connectivity index (χ2n) is 8.86. The molecule has 0 saturated carbocycles. The van der Waals surface area contributed by atoms with Crippen LogP contribution in [0, 0.1) is 0 Å². The minimum absolute atomic E-state index is 0.0399. The summed E-state index contributed by atoms with van der Waals surface area (Å²) in [5.74, 6) is 0.0399.